The van der Waals surface area contributed by atoms with Gasteiger partial charge in [-0.25, -0.2) is 0 Å². The Kier molecular flexibility index (Phi) is 6.12. The van der Waals surface area contributed by atoms with Gasteiger partial charge in [0.25, 0.3) is 0 Å². The number of thioether (sulfide) groups is 1. The fraction of sp³-hybridized carbons (Fsp3) is 0.818. The highest BCUT2D eigenvalue weighted by molar-refractivity contribution is 8.00. The maximum Gasteiger partial charge on any atom is 0.397 e. The lowest BCUT2D eigenvalue weighted by Gasteiger charge is -2.23. The summed E-state index contributed by atoms with van der Waals surface area (Å²) >= 11 is 0.480. The average Bonchev–Trinajstić information content (AvgIpc) is 2.69. The van der Waals surface area contributed by atoms with Crippen LogP contribution in [0, 0.1) is 0 Å². The van der Waals surface area contributed by atoms with Crippen molar-refractivity contribution in [3.05, 3.63) is 0 Å². The highest BCUT2D eigenvalue weighted by atomic mass is 32.2. The molecular weight excluding hydrogens is 299 g/mol. The van der Waals surface area contributed by atoms with Crippen LogP contribution >= 0.6 is 11.8 Å². The van der Waals surface area contributed by atoms with Crippen LogP contribution in [0.1, 0.15) is 12.8 Å². The molecule has 1 aliphatic rings. The lowest BCUT2D eigenvalue weighted by Crippen LogP contribution is -2.38. The number of halogens is 3. The number of rotatable bonds is 6. The van der Waals surface area contributed by atoms with E-state index in [1.165, 1.54) is 12.0 Å². The molecule has 0 aromatic rings. The number of hydrogen-bond acceptors (Lipinski definition) is 4. The molecule has 116 valence electrons. The van der Waals surface area contributed by atoms with Crippen LogP contribution in [-0.4, -0.2) is 65.4 Å². The number of alkyl halides is 3. The van der Waals surface area contributed by atoms with Crippen molar-refractivity contribution in [2.45, 2.75) is 31.2 Å². The van der Waals surface area contributed by atoms with E-state index in [-0.39, 0.29) is 24.8 Å². The zero-order valence-electron chi connectivity index (χ0n) is 10.9. The molecule has 1 aliphatic heterocycles. The Labute approximate surface area is 118 Å². The zero-order valence-corrected chi connectivity index (χ0v) is 11.7. The SMILES string of the molecule is COC1CC(CC(=O)O)N(C(=O)CSCC(F)(F)F)C1. The van der Waals surface area contributed by atoms with E-state index < -0.39 is 29.8 Å². The van der Waals surface area contributed by atoms with Crippen LogP contribution in [0.2, 0.25) is 0 Å². The molecule has 1 fully saturated rings. The van der Waals surface area contributed by atoms with Crippen molar-refractivity contribution in [2.24, 2.45) is 0 Å². The second-order valence-electron chi connectivity index (χ2n) is 4.50. The monoisotopic (exact) mass is 315 g/mol. The summed E-state index contributed by atoms with van der Waals surface area (Å²) < 4.78 is 41.1. The molecule has 1 heterocycles. The number of carboxylic acids is 1. The maximum atomic E-state index is 12.0. The summed E-state index contributed by atoms with van der Waals surface area (Å²) in [6.45, 7) is 0.222. The Bertz CT molecular complexity index is 364. The van der Waals surface area contributed by atoms with Gasteiger partial charge in [0.1, 0.15) is 0 Å². The summed E-state index contributed by atoms with van der Waals surface area (Å²) in [6, 6.07) is -0.517. The van der Waals surface area contributed by atoms with Crippen LogP contribution < -0.4 is 0 Å². The minimum atomic E-state index is -4.31. The van der Waals surface area contributed by atoms with Crippen LogP contribution in [0.25, 0.3) is 0 Å². The van der Waals surface area contributed by atoms with Crippen LogP contribution in [-0.2, 0) is 14.3 Å². The number of carbonyl (C=O) groups excluding carboxylic acids is 1. The first-order chi connectivity index (χ1) is 9.23. The van der Waals surface area contributed by atoms with Crippen LogP contribution in [0.5, 0.6) is 0 Å². The van der Waals surface area contributed by atoms with Gasteiger partial charge in [0.05, 0.1) is 24.0 Å². The van der Waals surface area contributed by atoms with E-state index in [1.807, 2.05) is 0 Å². The van der Waals surface area contributed by atoms with Gasteiger partial charge in [-0.3, -0.25) is 9.59 Å². The predicted octanol–water partition coefficient (Wildman–Crippen LogP) is 1.37. The van der Waals surface area contributed by atoms with Gasteiger partial charge in [0, 0.05) is 19.7 Å². The number of nitrogens with zero attached hydrogens (tertiary/aromatic N) is 1. The van der Waals surface area contributed by atoms with Gasteiger partial charge in [-0.05, 0) is 6.42 Å². The van der Waals surface area contributed by atoms with Crippen molar-refractivity contribution in [1.29, 1.82) is 0 Å². The molecule has 9 heteroatoms. The topological polar surface area (TPSA) is 66.8 Å². The molecule has 0 radical (unpaired) electrons. The van der Waals surface area contributed by atoms with Gasteiger partial charge >= 0.3 is 12.1 Å². The van der Waals surface area contributed by atoms with E-state index in [9.17, 15) is 22.8 Å². The van der Waals surface area contributed by atoms with Crippen molar-refractivity contribution >= 4 is 23.6 Å². The van der Waals surface area contributed by atoms with E-state index >= 15 is 0 Å². The van der Waals surface area contributed by atoms with E-state index in [1.54, 1.807) is 0 Å². The lowest BCUT2D eigenvalue weighted by molar-refractivity contribution is -0.139. The Balaban J connectivity index is 2.52. The van der Waals surface area contributed by atoms with Crippen molar-refractivity contribution < 1.29 is 32.6 Å². The first-order valence-corrected chi connectivity index (χ1v) is 7.07. The van der Waals surface area contributed by atoms with Gasteiger partial charge in [-0.15, -0.1) is 11.8 Å². The zero-order chi connectivity index (χ0) is 15.3. The largest absolute Gasteiger partial charge is 0.481 e. The molecule has 2 atom stereocenters. The molecule has 1 saturated heterocycles. The van der Waals surface area contributed by atoms with Crippen LogP contribution in [0.3, 0.4) is 0 Å². The molecule has 5 nitrogen and oxygen atoms in total. The number of carboxylic acid groups (broad SMARTS) is 1. The molecule has 1 amide bonds. The summed E-state index contributed by atoms with van der Waals surface area (Å²) in [5.41, 5.74) is 0. The first-order valence-electron chi connectivity index (χ1n) is 5.91. The number of carbonyl (C=O) groups is 2. The normalized spacial score (nSPS) is 23.1. The molecule has 0 bridgehead atoms. The fourth-order valence-electron chi connectivity index (χ4n) is 2.08. The summed E-state index contributed by atoms with van der Waals surface area (Å²) in [7, 11) is 1.45. The molecule has 0 spiro atoms. The van der Waals surface area contributed by atoms with E-state index in [0.717, 1.165) is 0 Å². The van der Waals surface area contributed by atoms with E-state index in [2.05, 4.69) is 0 Å². The lowest BCUT2D eigenvalue weighted by atomic mass is 10.1. The fourth-order valence-corrected chi connectivity index (χ4v) is 2.76. The molecule has 1 N–H and O–H groups in total. The molecule has 0 aliphatic carbocycles. The minimum absolute atomic E-state index is 0.222. The van der Waals surface area contributed by atoms with E-state index in [4.69, 9.17) is 9.84 Å². The van der Waals surface area contributed by atoms with Gasteiger partial charge < -0.3 is 14.7 Å². The van der Waals surface area contributed by atoms with Crippen molar-refractivity contribution in [2.75, 3.05) is 25.2 Å². The highest BCUT2D eigenvalue weighted by Gasteiger charge is 2.36. The summed E-state index contributed by atoms with van der Waals surface area (Å²) in [4.78, 5) is 23.9. The molecule has 0 aromatic carbocycles. The summed E-state index contributed by atoms with van der Waals surface area (Å²) in [5.74, 6) is -2.94. The van der Waals surface area contributed by atoms with Gasteiger partial charge in [0.2, 0.25) is 5.91 Å². The first kappa shape index (κ1) is 17.1. The number of likely N-dealkylation sites (tertiary alicyclic amines) is 1. The number of aliphatic carboxylic acids is 1. The van der Waals surface area contributed by atoms with Crippen molar-refractivity contribution in [1.82, 2.24) is 4.90 Å². The molecular formula is C11H16F3NO4S. The molecule has 20 heavy (non-hydrogen) atoms. The predicted molar refractivity (Wildman–Crippen MR) is 66.5 cm³/mol. The quantitative estimate of drug-likeness (QED) is 0.802. The third kappa shape index (κ3) is 5.58. The minimum Gasteiger partial charge on any atom is -0.481 e. The third-order valence-corrected chi connectivity index (χ3v) is 3.91. The van der Waals surface area contributed by atoms with Gasteiger partial charge in [-0.1, -0.05) is 0 Å². The molecule has 1 rings (SSSR count). The van der Waals surface area contributed by atoms with Crippen molar-refractivity contribution in [3.63, 3.8) is 0 Å². The maximum absolute atomic E-state index is 12.0. The Morgan fingerprint density at radius 3 is 2.60 bits per heavy atom. The summed E-state index contributed by atoms with van der Waals surface area (Å²) in [5, 5.41) is 8.78. The number of hydrogen-bond donors (Lipinski definition) is 1. The highest BCUT2D eigenvalue weighted by Crippen LogP contribution is 2.25. The standard InChI is InChI=1S/C11H16F3NO4S/c1-19-8-2-7(3-10(17)18)15(4-8)9(16)5-20-6-11(12,13)14/h7-8H,2-6H2,1H3,(H,17,18). The number of ether oxygens (including phenoxy) is 1. The Hall–Kier alpha value is -0.960. The average molecular weight is 315 g/mol. The van der Waals surface area contributed by atoms with Crippen LogP contribution in [0.4, 0.5) is 13.2 Å². The number of amides is 1. The molecule has 2 unspecified atom stereocenters. The smallest absolute Gasteiger partial charge is 0.397 e. The third-order valence-electron chi connectivity index (χ3n) is 2.93. The molecule has 0 saturated carbocycles. The number of methoxy groups -OCH3 is 1. The second-order valence-corrected chi connectivity index (χ2v) is 5.48. The second kappa shape index (κ2) is 7.16. The molecule has 0 aromatic heterocycles. The van der Waals surface area contributed by atoms with Gasteiger partial charge in [-0.2, -0.15) is 13.2 Å². The van der Waals surface area contributed by atoms with Crippen molar-refractivity contribution in [3.8, 4) is 0 Å². The van der Waals surface area contributed by atoms with Gasteiger partial charge in [0.15, 0.2) is 0 Å². The van der Waals surface area contributed by atoms with E-state index in [0.29, 0.717) is 18.2 Å². The summed E-state index contributed by atoms with van der Waals surface area (Å²) in [6.07, 6.45) is -4.42. The van der Waals surface area contributed by atoms with Crippen LogP contribution in [0.15, 0.2) is 0 Å². The Morgan fingerprint density at radius 2 is 2.10 bits per heavy atom. The Morgan fingerprint density at radius 1 is 1.45 bits per heavy atom.